The highest BCUT2D eigenvalue weighted by Gasteiger charge is 2.32. The van der Waals surface area contributed by atoms with Crippen molar-refractivity contribution in [3.8, 4) is 0 Å². The number of rotatable bonds is 3. The maximum Gasteiger partial charge on any atom is 0.273 e. The van der Waals surface area contributed by atoms with Crippen LogP contribution in [0.5, 0.6) is 0 Å². The van der Waals surface area contributed by atoms with Crippen molar-refractivity contribution in [1.29, 1.82) is 0 Å². The maximum absolute atomic E-state index is 12.1. The van der Waals surface area contributed by atoms with Gasteiger partial charge in [0.2, 0.25) is 0 Å². The van der Waals surface area contributed by atoms with E-state index in [1.807, 2.05) is 6.92 Å². The van der Waals surface area contributed by atoms with E-state index in [1.54, 1.807) is 11.7 Å². The Morgan fingerprint density at radius 1 is 1.33 bits per heavy atom. The molecule has 0 bridgehead atoms. The zero-order valence-electron chi connectivity index (χ0n) is 12.0. The van der Waals surface area contributed by atoms with Crippen LogP contribution in [0.2, 0.25) is 0 Å². The van der Waals surface area contributed by atoms with Gasteiger partial charge < -0.3 is 5.32 Å². The highest BCUT2D eigenvalue weighted by atomic mass is 79.9. The summed E-state index contributed by atoms with van der Waals surface area (Å²) in [5.41, 5.74) is 2.54. The smallest absolute Gasteiger partial charge is 0.273 e. The minimum atomic E-state index is -0.125. The molecule has 0 spiro atoms. The molecular weight excluding hydrogens is 332 g/mol. The molecule has 1 amide bonds. The molecule has 1 aliphatic rings. The Bertz CT molecular complexity index is 659. The predicted octanol–water partition coefficient (Wildman–Crippen LogP) is 2.56. The van der Waals surface area contributed by atoms with Gasteiger partial charge in [-0.15, -0.1) is 5.10 Å². The fourth-order valence-electron chi connectivity index (χ4n) is 2.61. The van der Waals surface area contributed by atoms with Gasteiger partial charge in [0, 0.05) is 17.6 Å². The van der Waals surface area contributed by atoms with Crippen LogP contribution in [0, 0.1) is 6.92 Å². The third kappa shape index (κ3) is 2.85. The lowest BCUT2D eigenvalue weighted by atomic mass is 9.76. The number of amides is 1. The molecule has 0 unspecified atom stereocenters. The summed E-state index contributed by atoms with van der Waals surface area (Å²) in [7, 11) is 1.78. The first-order valence-electron chi connectivity index (χ1n) is 6.97. The molecule has 1 aromatic carbocycles. The van der Waals surface area contributed by atoms with E-state index in [0.717, 1.165) is 23.0 Å². The normalized spacial score (nSPS) is 20.9. The Labute approximate surface area is 131 Å². The second-order valence-corrected chi connectivity index (χ2v) is 6.45. The Kier molecular flexibility index (Phi) is 3.80. The maximum atomic E-state index is 12.1. The topological polar surface area (TPSA) is 59.8 Å². The van der Waals surface area contributed by atoms with Crippen LogP contribution in [0.1, 0.15) is 40.5 Å². The third-order valence-corrected chi connectivity index (χ3v) is 4.67. The number of hydrogen-bond donors (Lipinski definition) is 1. The number of carbonyl (C=O) groups excluding carboxylic acids is 1. The highest BCUT2D eigenvalue weighted by molar-refractivity contribution is 9.10. The molecule has 3 rings (SSSR count). The quantitative estimate of drug-likeness (QED) is 0.927. The number of hydrogen-bond acceptors (Lipinski definition) is 3. The molecular formula is C15H17BrN4O. The van der Waals surface area contributed by atoms with Crippen LogP contribution >= 0.6 is 15.9 Å². The van der Waals surface area contributed by atoms with Crippen LogP contribution in [0.15, 0.2) is 28.7 Å². The summed E-state index contributed by atoms with van der Waals surface area (Å²) in [4.78, 5) is 12.1. The van der Waals surface area contributed by atoms with E-state index in [9.17, 15) is 4.79 Å². The molecule has 1 fully saturated rings. The Hall–Kier alpha value is -1.69. The lowest BCUT2D eigenvalue weighted by molar-refractivity contribution is 0.0903. The van der Waals surface area contributed by atoms with Crippen LogP contribution in [-0.4, -0.2) is 26.9 Å². The Balaban J connectivity index is 1.56. The molecule has 5 nitrogen and oxygen atoms in total. The van der Waals surface area contributed by atoms with Gasteiger partial charge in [0.15, 0.2) is 5.69 Å². The minimum absolute atomic E-state index is 0.125. The molecule has 0 radical (unpaired) electrons. The zero-order chi connectivity index (χ0) is 15.0. The Morgan fingerprint density at radius 3 is 2.57 bits per heavy atom. The molecule has 1 saturated carbocycles. The molecule has 110 valence electrons. The van der Waals surface area contributed by atoms with E-state index in [1.165, 1.54) is 5.56 Å². The van der Waals surface area contributed by atoms with Gasteiger partial charge in [0.25, 0.3) is 5.91 Å². The van der Waals surface area contributed by atoms with Gasteiger partial charge in [-0.05, 0) is 43.4 Å². The molecule has 1 heterocycles. The molecule has 6 heteroatoms. The standard InChI is InChI=1S/C15H17BrN4O/c1-9-14(18-19-20(9)2)15(21)17-13-7-11(8-13)10-3-5-12(16)6-4-10/h3-6,11,13H,7-8H2,1-2H3,(H,17,21). The number of aryl methyl sites for hydroxylation is 1. The molecule has 2 aromatic rings. The summed E-state index contributed by atoms with van der Waals surface area (Å²) in [6.45, 7) is 1.85. The summed E-state index contributed by atoms with van der Waals surface area (Å²) >= 11 is 3.44. The number of nitrogens with zero attached hydrogens (tertiary/aromatic N) is 3. The number of aromatic nitrogens is 3. The van der Waals surface area contributed by atoms with Crippen molar-refractivity contribution in [2.24, 2.45) is 7.05 Å². The molecule has 1 aliphatic carbocycles. The minimum Gasteiger partial charge on any atom is -0.348 e. The van der Waals surface area contributed by atoms with Gasteiger partial charge in [0.05, 0.1) is 5.69 Å². The van der Waals surface area contributed by atoms with E-state index < -0.39 is 0 Å². The van der Waals surface area contributed by atoms with Crippen molar-refractivity contribution in [3.05, 3.63) is 45.7 Å². The monoisotopic (exact) mass is 348 g/mol. The van der Waals surface area contributed by atoms with Crippen molar-refractivity contribution in [2.45, 2.75) is 31.7 Å². The first-order valence-corrected chi connectivity index (χ1v) is 7.76. The third-order valence-electron chi connectivity index (χ3n) is 4.14. The number of benzene rings is 1. The van der Waals surface area contributed by atoms with Crippen LogP contribution in [0.4, 0.5) is 0 Å². The first kappa shape index (κ1) is 14.3. The average Bonchev–Trinajstić information content (AvgIpc) is 2.75. The van der Waals surface area contributed by atoms with Crippen molar-refractivity contribution >= 4 is 21.8 Å². The predicted molar refractivity (Wildman–Crippen MR) is 83.1 cm³/mol. The first-order chi connectivity index (χ1) is 10.0. The van der Waals surface area contributed by atoms with E-state index in [4.69, 9.17) is 0 Å². The summed E-state index contributed by atoms with van der Waals surface area (Å²) < 4.78 is 2.70. The molecule has 0 aliphatic heterocycles. The van der Waals surface area contributed by atoms with E-state index in [-0.39, 0.29) is 11.9 Å². The van der Waals surface area contributed by atoms with Crippen LogP contribution in [0.3, 0.4) is 0 Å². The summed E-state index contributed by atoms with van der Waals surface area (Å²) in [6, 6.07) is 8.63. The second kappa shape index (κ2) is 5.60. The van der Waals surface area contributed by atoms with Gasteiger partial charge in [-0.3, -0.25) is 9.48 Å². The Morgan fingerprint density at radius 2 is 2.00 bits per heavy atom. The summed E-state index contributed by atoms with van der Waals surface area (Å²) in [5, 5.41) is 10.8. The molecule has 21 heavy (non-hydrogen) atoms. The van der Waals surface area contributed by atoms with Crippen molar-refractivity contribution in [1.82, 2.24) is 20.3 Å². The summed E-state index contributed by atoms with van der Waals surface area (Å²) in [5.74, 6) is 0.409. The largest absolute Gasteiger partial charge is 0.348 e. The van der Waals surface area contributed by atoms with Crippen LogP contribution in [-0.2, 0) is 7.05 Å². The number of nitrogens with one attached hydrogen (secondary N) is 1. The van der Waals surface area contributed by atoms with Gasteiger partial charge in [-0.2, -0.15) is 0 Å². The van der Waals surface area contributed by atoms with E-state index in [0.29, 0.717) is 11.6 Å². The molecule has 0 saturated heterocycles. The second-order valence-electron chi connectivity index (χ2n) is 5.54. The van der Waals surface area contributed by atoms with E-state index in [2.05, 4.69) is 55.8 Å². The fourth-order valence-corrected chi connectivity index (χ4v) is 2.88. The van der Waals surface area contributed by atoms with Crippen molar-refractivity contribution < 1.29 is 4.79 Å². The van der Waals surface area contributed by atoms with Gasteiger partial charge in [-0.25, -0.2) is 0 Å². The summed E-state index contributed by atoms with van der Waals surface area (Å²) in [6.07, 6.45) is 1.96. The highest BCUT2D eigenvalue weighted by Crippen LogP contribution is 2.37. The fraction of sp³-hybridized carbons (Fsp3) is 0.400. The van der Waals surface area contributed by atoms with Gasteiger partial charge >= 0.3 is 0 Å². The average molecular weight is 349 g/mol. The number of halogens is 1. The zero-order valence-corrected chi connectivity index (χ0v) is 13.6. The molecule has 0 atom stereocenters. The van der Waals surface area contributed by atoms with Crippen molar-refractivity contribution in [3.63, 3.8) is 0 Å². The molecule has 1 aromatic heterocycles. The van der Waals surface area contributed by atoms with Crippen LogP contribution < -0.4 is 5.32 Å². The molecule has 1 N–H and O–H groups in total. The lowest BCUT2D eigenvalue weighted by Gasteiger charge is -2.36. The SMILES string of the molecule is Cc1c(C(=O)NC2CC(c3ccc(Br)cc3)C2)nnn1C. The van der Waals surface area contributed by atoms with Crippen molar-refractivity contribution in [2.75, 3.05) is 0 Å². The number of carbonyl (C=O) groups is 1. The van der Waals surface area contributed by atoms with Crippen LogP contribution in [0.25, 0.3) is 0 Å². The van der Waals surface area contributed by atoms with Gasteiger partial charge in [-0.1, -0.05) is 33.3 Å². The lowest BCUT2D eigenvalue weighted by Crippen LogP contribution is -2.43. The van der Waals surface area contributed by atoms with E-state index >= 15 is 0 Å². The van der Waals surface area contributed by atoms with Gasteiger partial charge in [0.1, 0.15) is 0 Å².